The summed E-state index contributed by atoms with van der Waals surface area (Å²) in [4.78, 5) is 18.6. The van der Waals surface area contributed by atoms with E-state index in [1.165, 1.54) is 0 Å². The van der Waals surface area contributed by atoms with Gasteiger partial charge in [-0.25, -0.2) is 0 Å². The molecule has 0 fully saturated rings. The zero-order valence-electron chi connectivity index (χ0n) is 17.6. The molecule has 0 radical (unpaired) electrons. The number of benzene rings is 2. The minimum atomic E-state index is -0.146. The van der Waals surface area contributed by atoms with Crippen LogP contribution in [0.25, 0.3) is 11.4 Å². The van der Waals surface area contributed by atoms with Crippen LogP contribution >= 0.6 is 0 Å². The molecule has 1 aromatic heterocycles. The zero-order valence-corrected chi connectivity index (χ0v) is 17.6. The summed E-state index contributed by atoms with van der Waals surface area (Å²) in [5, 5.41) is 4.06. The fourth-order valence-corrected chi connectivity index (χ4v) is 3.28. The molecule has 4 rings (SSSR count). The molecule has 1 aliphatic rings. The van der Waals surface area contributed by atoms with Crippen LogP contribution in [0.3, 0.4) is 0 Å². The van der Waals surface area contributed by atoms with E-state index < -0.39 is 0 Å². The van der Waals surface area contributed by atoms with Gasteiger partial charge in [0.15, 0.2) is 6.61 Å². The molecule has 7 heteroatoms. The number of aromatic nitrogens is 2. The summed E-state index contributed by atoms with van der Waals surface area (Å²) in [6, 6.07) is 13.4. The van der Waals surface area contributed by atoms with Crippen LogP contribution in [0.4, 0.5) is 5.69 Å². The molecule has 156 valence electrons. The predicted octanol–water partition coefficient (Wildman–Crippen LogP) is 4.36. The molecule has 0 atom stereocenters. The van der Waals surface area contributed by atoms with Gasteiger partial charge >= 0.3 is 0 Å². The maximum atomic E-state index is 12.5. The first-order valence-corrected chi connectivity index (χ1v) is 9.98. The number of anilines is 1. The van der Waals surface area contributed by atoms with Crippen molar-refractivity contribution in [2.45, 2.75) is 39.7 Å². The van der Waals surface area contributed by atoms with Gasteiger partial charge in [0.25, 0.3) is 5.91 Å². The van der Waals surface area contributed by atoms with E-state index in [0.717, 1.165) is 16.9 Å². The third-order valence-corrected chi connectivity index (χ3v) is 4.95. The lowest BCUT2D eigenvalue weighted by atomic mass is 9.86. The second-order valence-electron chi connectivity index (χ2n) is 8.17. The normalized spacial score (nSPS) is 13.7. The van der Waals surface area contributed by atoms with Crippen molar-refractivity contribution in [2.75, 3.05) is 18.1 Å². The number of nitrogens with zero attached hydrogens (tertiary/aromatic N) is 3. The molecular formula is C23H25N3O4. The second-order valence-corrected chi connectivity index (χ2v) is 8.17. The Morgan fingerprint density at radius 2 is 1.90 bits per heavy atom. The van der Waals surface area contributed by atoms with Crippen LogP contribution in [0.1, 0.15) is 39.1 Å². The van der Waals surface area contributed by atoms with E-state index in [9.17, 15) is 4.79 Å². The summed E-state index contributed by atoms with van der Waals surface area (Å²) in [6.45, 7) is 9.14. The highest BCUT2D eigenvalue weighted by Crippen LogP contribution is 2.37. The molecule has 1 aliphatic heterocycles. The average molecular weight is 407 g/mol. The Morgan fingerprint density at radius 3 is 2.60 bits per heavy atom. The Labute approximate surface area is 175 Å². The van der Waals surface area contributed by atoms with E-state index in [-0.39, 0.29) is 24.5 Å². The van der Waals surface area contributed by atoms with Crippen molar-refractivity contribution in [3.8, 4) is 22.9 Å². The third kappa shape index (κ3) is 4.01. The van der Waals surface area contributed by atoms with E-state index in [1.807, 2.05) is 49.4 Å². The summed E-state index contributed by atoms with van der Waals surface area (Å²) in [7, 11) is 0. The number of hydrogen-bond donors (Lipinski definition) is 0. The fourth-order valence-electron chi connectivity index (χ4n) is 3.28. The van der Waals surface area contributed by atoms with Crippen molar-refractivity contribution in [3.05, 3.63) is 53.9 Å². The lowest BCUT2D eigenvalue weighted by Gasteiger charge is -2.30. The molecule has 0 N–H and O–H groups in total. The second kappa shape index (κ2) is 7.82. The van der Waals surface area contributed by atoms with Gasteiger partial charge in [-0.2, -0.15) is 4.98 Å². The smallest absolute Gasteiger partial charge is 0.265 e. The first-order valence-electron chi connectivity index (χ1n) is 9.98. The van der Waals surface area contributed by atoms with Crippen molar-refractivity contribution < 1.29 is 18.8 Å². The lowest BCUT2D eigenvalue weighted by Crippen LogP contribution is -2.38. The van der Waals surface area contributed by atoms with Gasteiger partial charge in [0.05, 0.1) is 12.3 Å². The molecule has 2 heterocycles. The molecule has 0 unspecified atom stereocenters. The SMILES string of the molecule is CCOc1ccc(-c2noc(CN3C(=O)COc4cc(C(C)(C)C)ccc43)n2)cc1. The van der Waals surface area contributed by atoms with Crippen LogP contribution in [-0.4, -0.2) is 29.3 Å². The van der Waals surface area contributed by atoms with E-state index in [1.54, 1.807) is 4.90 Å². The maximum absolute atomic E-state index is 12.5. The number of carbonyl (C=O) groups is 1. The average Bonchev–Trinajstić information content (AvgIpc) is 3.18. The molecular weight excluding hydrogens is 382 g/mol. The van der Waals surface area contributed by atoms with Gasteiger partial charge in [0.2, 0.25) is 11.7 Å². The molecule has 30 heavy (non-hydrogen) atoms. The minimum absolute atomic E-state index is 0.0101. The lowest BCUT2D eigenvalue weighted by molar-refractivity contribution is -0.121. The molecule has 0 aliphatic carbocycles. The molecule has 0 saturated heterocycles. The minimum Gasteiger partial charge on any atom is -0.494 e. The fraction of sp³-hybridized carbons (Fsp3) is 0.348. The third-order valence-electron chi connectivity index (χ3n) is 4.95. The van der Waals surface area contributed by atoms with Crippen LogP contribution in [-0.2, 0) is 16.8 Å². The van der Waals surface area contributed by atoms with Crippen molar-refractivity contribution in [1.82, 2.24) is 10.1 Å². The number of fused-ring (bicyclic) bond motifs is 1. The maximum Gasteiger partial charge on any atom is 0.265 e. The van der Waals surface area contributed by atoms with Crippen LogP contribution in [0, 0.1) is 0 Å². The monoisotopic (exact) mass is 407 g/mol. The van der Waals surface area contributed by atoms with Gasteiger partial charge in [-0.15, -0.1) is 0 Å². The molecule has 3 aromatic rings. The molecule has 0 bridgehead atoms. The Morgan fingerprint density at radius 1 is 1.13 bits per heavy atom. The van der Waals surface area contributed by atoms with Crippen LogP contribution < -0.4 is 14.4 Å². The topological polar surface area (TPSA) is 77.7 Å². The summed E-state index contributed by atoms with van der Waals surface area (Å²) < 4.78 is 16.5. The van der Waals surface area contributed by atoms with Gasteiger partial charge in [-0.1, -0.05) is 32.0 Å². The number of amides is 1. The highest BCUT2D eigenvalue weighted by atomic mass is 16.5. The summed E-state index contributed by atoms with van der Waals surface area (Å²) in [6.07, 6.45) is 0. The van der Waals surface area contributed by atoms with E-state index in [0.29, 0.717) is 29.8 Å². The zero-order chi connectivity index (χ0) is 21.3. The number of hydrogen-bond acceptors (Lipinski definition) is 6. The van der Waals surface area contributed by atoms with Crippen molar-refractivity contribution in [2.24, 2.45) is 0 Å². The number of carbonyl (C=O) groups excluding carboxylic acids is 1. The Kier molecular flexibility index (Phi) is 5.20. The van der Waals surface area contributed by atoms with Gasteiger partial charge in [-0.05, 0) is 54.3 Å². The summed E-state index contributed by atoms with van der Waals surface area (Å²) in [5.74, 6) is 2.16. The highest BCUT2D eigenvalue weighted by molar-refractivity contribution is 5.97. The molecule has 0 saturated carbocycles. The largest absolute Gasteiger partial charge is 0.494 e. The van der Waals surface area contributed by atoms with Crippen molar-refractivity contribution >= 4 is 11.6 Å². The van der Waals surface area contributed by atoms with Crippen LogP contribution in [0.5, 0.6) is 11.5 Å². The molecule has 7 nitrogen and oxygen atoms in total. The van der Waals surface area contributed by atoms with E-state index >= 15 is 0 Å². The Hall–Kier alpha value is -3.35. The Balaban J connectivity index is 1.56. The summed E-state index contributed by atoms with van der Waals surface area (Å²) in [5.41, 5.74) is 2.66. The van der Waals surface area contributed by atoms with Gasteiger partial charge in [-0.3, -0.25) is 9.69 Å². The number of ether oxygens (including phenoxy) is 2. The van der Waals surface area contributed by atoms with E-state index in [2.05, 4.69) is 30.9 Å². The summed E-state index contributed by atoms with van der Waals surface area (Å²) >= 11 is 0. The van der Waals surface area contributed by atoms with E-state index in [4.69, 9.17) is 14.0 Å². The van der Waals surface area contributed by atoms with Gasteiger partial charge < -0.3 is 14.0 Å². The van der Waals surface area contributed by atoms with Crippen LogP contribution in [0.2, 0.25) is 0 Å². The highest BCUT2D eigenvalue weighted by Gasteiger charge is 2.29. The standard InChI is InChI=1S/C23H25N3O4/c1-5-28-17-9-6-15(7-10-17)22-24-20(30-25-22)13-26-18-11-8-16(23(2,3)4)12-19(18)29-14-21(26)27/h6-12H,5,13-14H2,1-4H3. The van der Waals surface area contributed by atoms with Crippen molar-refractivity contribution in [3.63, 3.8) is 0 Å². The molecule has 1 amide bonds. The Bertz CT molecular complexity index is 1050. The first kappa shape index (κ1) is 19.9. The first-order chi connectivity index (χ1) is 14.3. The van der Waals surface area contributed by atoms with Crippen molar-refractivity contribution in [1.29, 1.82) is 0 Å². The molecule has 2 aromatic carbocycles. The molecule has 0 spiro atoms. The van der Waals surface area contributed by atoms with Gasteiger partial charge in [0.1, 0.15) is 18.0 Å². The van der Waals surface area contributed by atoms with Crippen LogP contribution in [0.15, 0.2) is 47.0 Å². The predicted molar refractivity (Wildman–Crippen MR) is 113 cm³/mol. The number of rotatable bonds is 5. The van der Waals surface area contributed by atoms with Gasteiger partial charge in [0, 0.05) is 5.56 Å². The quantitative estimate of drug-likeness (QED) is 0.625.